The van der Waals surface area contributed by atoms with E-state index in [-0.39, 0.29) is 0 Å². The second-order valence-corrected chi connectivity index (χ2v) is 6.01. The lowest BCUT2D eigenvalue weighted by atomic mass is 10.0. The van der Waals surface area contributed by atoms with Crippen molar-refractivity contribution in [2.75, 3.05) is 31.1 Å². The van der Waals surface area contributed by atoms with E-state index in [9.17, 15) is 5.26 Å². The number of hydrogen-bond donors (Lipinski definition) is 0. The molecule has 0 amide bonds. The van der Waals surface area contributed by atoms with Crippen molar-refractivity contribution < 1.29 is 0 Å². The fourth-order valence-electron chi connectivity index (χ4n) is 2.82. The van der Waals surface area contributed by atoms with Crippen molar-refractivity contribution in [2.45, 2.75) is 26.3 Å². The summed E-state index contributed by atoms with van der Waals surface area (Å²) in [5.41, 5.74) is 1.63. The van der Waals surface area contributed by atoms with Crippen LogP contribution in [0.5, 0.6) is 0 Å². The Bertz CT molecular complexity index is 688. The third-order valence-corrected chi connectivity index (χ3v) is 4.14. The second kappa shape index (κ2) is 5.01. The van der Waals surface area contributed by atoms with Crippen LogP contribution >= 0.6 is 0 Å². The number of aromatic nitrogens is 3. The van der Waals surface area contributed by atoms with Gasteiger partial charge >= 0.3 is 0 Å². The molecule has 0 N–H and O–H groups in total. The monoisotopic (exact) mass is 284 g/mol. The first kappa shape index (κ1) is 13.8. The summed E-state index contributed by atoms with van der Waals surface area (Å²) in [6.45, 7) is 9.44. The van der Waals surface area contributed by atoms with E-state index in [1.54, 1.807) is 6.20 Å². The van der Waals surface area contributed by atoms with Gasteiger partial charge in [-0.25, -0.2) is 9.50 Å². The van der Waals surface area contributed by atoms with Gasteiger partial charge in [0.25, 0.3) is 0 Å². The molecule has 0 radical (unpaired) electrons. The first-order chi connectivity index (χ1) is 10.0. The normalized spacial score (nSPS) is 17.1. The molecular weight excluding hydrogens is 264 g/mol. The van der Waals surface area contributed by atoms with Gasteiger partial charge in [0.2, 0.25) is 0 Å². The molecule has 0 aromatic carbocycles. The molecule has 3 rings (SSSR count). The molecule has 3 heterocycles. The van der Waals surface area contributed by atoms with Crippen molar-refractivity contribution in [3.63, 3.8) is 0 Å². The molecule has 1 fully saturated rings. The van der Waals surface area contributed by atoms with Crippen molar-refractivity contribution in [1.82, 2.24) is 19.5 Å². The fourth-order valence-corrected chi connectivity index (χ4v) is 2.82. The highest BCUT2D eigenvalue weighted by Crippen LogP contribution is 2.23. The summed E-state index contributed by atoms with van der Waals surface area (Å²) in [6, 6.07) is 4.44. The van der Waals surface area contributed by atoms with Gasteiger partial charge in [-0.1, -0.05) is 0 Å². The zero-order chi connectivity index (χ0) is 15.0. The van der Waals surface area contributed by atoms with Crippen LogP contribution in [0, 0.1) is 18.3 Å². The van der Waals surface area contributed by atoms with Crippen LogP contribution in [-0.2, 0) is 0 Å². The third-order valence-electron chi connectivity index (χ3n) is 4.14. The van der Waals surface area contributed by atoms with E-state index in [1.807, 2.05) is 31.5 Å². The van der Waals surface area contributed by atoms with Gasteiger partial charge in [0.1, 0.15) is 11.1 Å². The summed E-state index contributed by atoms with van der Waals surface area (Å²) in [5, 5.41) is 13.7. The average molecular weight is 284 g/mol. The van der Waals surface area contributed by atoms with E-state index in [2.05, 4.69) is 32.0 Å². The fraction of sp³-hybridized carbons (Fsp3) is 0.533. The standard InChI is InChI=1S/C15H20N6/c1-12-10-13-14(17-4-5-21(13)18-12)19-6-8-20(9-7-19)15(2,3)11-16/h4-5,10H,6-9H2,1-3H3. The topological polar surface area (TPSA) is 60.5 Å². The van der Waals surface area contributed by atoms with Gasteiger partial charge < -0.3 is 4.90 Å². The lowest BCUT2D eigenvalue weighted by molar-refractivity contribution is 0.158. The van der Waals surface area contributed by atoms with Gasteiger partial charge in [-0.3, -0.25) is 4.90 Å². The van der Waals surface area contributed by atoms with Crippen LogP contribution in [0.3, 0.4) is 0 Å². The molecule has 2 aromatic rings. The Morgan fingerprint density at radius 3 is 2.62 bits per heavy atom. The van der Waals surface area contributed by atoms with Gasteiger partial charge in [0.05, 0.1) is 11.8 Å². The molecule has 1 aliphatic rings. The molecule has 21 heavy (non-hydrogen) atoms. The lowest BCUT2D eigenvalue weighted by Crippen LogP contribution is -2.54. The first-order valence-electron chi connectivity index (χ1n) is 7.23. The predicted octanol–water partition coefficient (Wildman–Crippen LogP) is 1.46. The molecule has 1 saturated heterocycles. The van der Waals surface area contributed by atoms with E-state index in [4.69, 9.17) is 0 Å². The Morgan fingerprint density at radius 1 is 1.24 bits per heavy atom. The maximum absolute atomic E-state index is 9.24. The summed E-state index contributed by atoms with van der Waals surface area (Å²) in [6.07, 6.45) is 3.67. The molecule has 6 heteroatoms. The second-order valence-electron chi connectivity index (χ2n) is 6.01. The summed E-state index contributed by atoms with van der Waals surface area (Å²) >= 11 is 0. The molecule has 0 spiro atoms. The predicted molar refractivity (Wildman–Crippen MR) is 81.2 cm³/mol. The number of nitrogens with zero attached hydrogens (tertiary/aromatic N) is 6. The van der Waals surface area contributed by atoms with E-state index in [0.717, 1.165) is 43.2 Å². The highest BCUT2D eigenvalue weighted by atomic mass is 15.3. The van der Waals surface area contributed by atoms with Crippen molar-refractivity contribution in [3.05, 3.63) is 24.2 Å². The molecule has 0 unspecified atom stereocenters. The van der Waals surface area contributed by atoms with Gasteiger partial charge in [-0.2, -0.15) is 10.4 Å². The Kier molecular flexibility index (Phi) is 3.30. The van der Waals surface area contributed by atoms with E-state index >= 15 is 0 Å². The Balaban J connectivity index is 1.82. The number of fused-ring (bicyclic) bond motifs is 1. The zero-order valence-electron chi connectivity index (χ0n) is 12.7. The molecule has 0 atom stereocenters. The summed E-state index contributed by atoms with van der Waals surface area (Å²) in [4.78, 5) is 9.04. The Morgan fingerprint density at radius 2 is 1.95 bits per heavy atom. The van der Waals surface area contributed by atoms with Gasteiger partial charge in [-0.05, 0) is 26.8 Å². The van der Waals surface area contributed by atoms with Crippen molar-refractivity contribution in [2.24, 2.45) is 0 Å². The van der Waals surface area contributed by atoms with Crippen LogP contribution in [0.15, 0.2) is 18.5 Å². The van der Waals surface area contributed by atoms with Crippen LogP contribution in [0.2, 0.25) is 0 Å². The number of anilines is 1. The summed E-state index contributed by atoms with van der Waals surface area (Å²) < 4.78 is 1.88. The maximum atomic E-state index is 9.24. The molecule has 0 saturated carbocycles. The minimum absolute atomic E-state index is 0.404. The number of nitriles is 1. The number of hydrogen-bond acceptors (Lipinski definition) is 5. The minimum atomic E-state index is -0.404. The first-order valence-corrected chi connectivity index (χ1v) is 7.23. The molecule has 0 aliphatic carbocycles. The third kappa shape index (κ3) is 2.45. The van der Waals surface area contributed by atoms with Gasteiger partial charge in [-0.15, -0.1) is 0 Å². The van der Waals surface area contributed by atoms with Crippen LogP contribution in [0.1, 0.15) is 19.5 Å². The van der Waals surface area contributed by atoms with Crippen molar-refractivity contribution in [3.8, 4) is 6.07 Å². The van der Waals surface area contributed by atoms with Crippen LogP contribution in [0.4, 0.5) is 5.82 Å². The maximum Gasteiger partial charge on any atom is 0.154 e. The van der Waals surface area contributed by atoms with Gasteiger partial charge in [0, 0.05) is 38.6 Å². The van der Waals surface area contributed by atoms with Crippen LogP contribution < -0.4 is 4.90 Å². The number of rotatable bonds is 2. The van der Waals surface area contributed by atoms with Crippen molar-refractivity contribution >= 4 is 11.3 Å². The smallest absolute Gasteiger partial charge is 0.154 e. The summed E-state index contributed by atoms with van der Waals surface area (Å²) in [5.74, 6) is 0.979. The minimum Gasteiger partial charge on any atom is -0.352 e. The van der Waals surface area contributed by atoms with Crippen LogP contribution in [-0.4, -0.2) is 51.2 Å². The van der Waals surface area contributed by atoms with E-state index in [0.29, 0.717) is 0 Å². The molecular formula is C15H20N6. The van der Waals surface area contributed by atoms with Crippen molar-refractivity contribution in [1.29, 1.82) is 5.26 Å². The van der Waals surface area contributed by atoms with Crippen LogP contribution in [0.25, 0.3) is 5.52 Å². The Hall–Kier alpha value is -2.13. The van der Waals surface area contributed by atoms with E-state index < -0.39 is 5.54 Å². The highest BCUT2D eigenvalue weighted by Gasteiger charge is 2.30. The number of piperazine rings is 1. The zero-order valence-corrected chi connectivity index (χ0v) is 12.7. The molecule has 6 nitrogen and oxygen atoms in total. The van der Waals surface area contributed by atoms with E-state index in [1.165, 1.54) is 0 Å². The molecule has 2 aromatic heterocycles. The number of aryl methyl sites for hydroxylation is 1. The SMILES string of the molecule is Cc1cc2c(N3CCN(C(C)(C)C#N)CC3)nccn2n1. The summed E-state index contributed by atoms with van der Waals surface area (Å²) in [7, 11) is 0. The van der Waals surface area contributed by atoms with Gasteiger partial charge in [0.15, 0.2) is 5.82 Å². The molecule has 110 valence electrons. The molecule has 1 aliphatic heterocycles. The Labute approximate surface area is 124 Å². The molecule has 0 bridgehead atoms. The quantitative estimate of drug-likeness (QED) is 0.835. The average Bonchev–Trinajstić information content (AvgIpc) is 2.87. The largest absolute Gasteiger partial charge is 0.352 e. The highest BCUT2D eigenvalue weighted by molar-refractivity contribution is 5.69. The lowest BCUT2D eigenvalue weighted by Gasteiger charge is -2.40.